The number of hydrogen-bond acceptors (Lipinski definition) is 0. The van der Waals surface area contributed by atoms with E-state index in [4.69, 9.17) is 0 Å². The Morgan fingerprint density at radius 1 is 0.625 bits per heavy atom. The summed E-state index contributed by atoms with van der Waals surface area (Å²) >= 11 is 0. The van der Waals surface area contributed by atoms with Gasteiger partial charge in [-0.1, -0.05) is 49.3 Å². The average molecular weight is 216 g/mol. The summed E-state index contributed by atoms with van der Waals surface area (Å²) in [6.07, 6.45) is 14.1. The molecule has 0 aliphatic heterocycles. The van der Waals surface area contributed by atoms with Crippen LogP contribution in [-0.2, 0) is 0 Å². The third-order valence-electron chi connectivity index (χ3n) is 3.13. The topological polar surface area (TPSA) is 0 Å². The van der Waals surface area contributed by atoms with Crippen molar-refractivity contribution >= 4 is 0 Å². The van der Waals surface area contributed by atoms with Crippen LogP contribution in [0.5, 0.6) is 0 Å². The van der Waals surface area contributed by atoms with Crippen molar-refractivity contribution in [2.45, 2.75) is 53.4 Å². The van der Waals surface area contributed by atoms with Crippen molar-refractivity contribution in [2.75, 3.05) is 0 Å². The molecule has 88 valence electrons. The summed E-state index contributed by atoms with van der Waals surface area (Å²) in [6, 6.07) is 0. The molecule has 2 aliphatic rings. The second-order valence-electron chi connectivity index (χ2n) is 4.41. The smallest absolute Gasteiger partial charge is 0.0239 e. The van der Waals surface area contributed by atoms with Crippen molar-refractivity contribution in [3.8, 4) is 0 Å². The van der Waals surface area contributed by atoms with Crippen molar-refractivity contribution in [3.05, 3.63) is 46.6 Å². The van der Waals surface area contributed by atoms with Crippen LogP contribution in [0.1, 0.15) is 53.4 Å². The highest BCUT2D eigenvalue weighted by atomic mass is 14.2. The van der Waals surface area contributed by atoms with Crippen LogP contribution in [0.15, 0.2) is 46.6 Å². The molecule has 2 aliphatic carbocycles. The first-order valence-electron chi connectivity index (χ1n) is 6.49. The highest BCUT2D eigenvalue weighted by Gasteiger charge is 2.10. The van der Waals surface area contributed by atoms with Crippen LogP contribution in [-0.4, -0.2) is 0 Å². The molecule has 0 aromatic heterocycles. The summed E-state index contributed by atoms with van der Waals surface area (Å²) in [5, 5.41) is 0. The van der Waals surface area contributed by atoms with E-state index in [1.807, 2.05) is 13.8 Å². The van der Waals surface area contributed by atoms with Crippen molar-refractivity contribution in [1.82, 2.24) is 0 Å². The van der Waals surface area contributed by atoms with E-state index < -0.39 is 0 Å². The van der Waals surface area contributed by atoms with Crippen molar-refractivity contribution < 1.29 is 0 Å². The Balaban J connectivity index is 0.000000606. The van der Waals surface area contributed by atoms with Gasteiger partial charge in [-0.05, 0) is 50.7 Å². The third-order valence-corrected chi connectivity index (χ3v) is 3.13. The lowest BCUT2D eigenvalue weighted by Crippen LogP contribution is -1.98. The fourth-order valence-corrected chi connectivity index (χ4v) is 2.02. The summed E-state index contributed by atoms with van der Waals surface area (Å²) in [4.78, 5) is 0. The van der Waals surface area contributed by atoms with Gasteiger partial charge in [-0.2, -0.15) is 0 Å². The van der Waals surface area contributed by atoms with Crippen molar-refractivity contribution in [3.63, 3.8) is 0 Å². The van der Waals surface area contributed by atoms with Gasteiger partial charge in [0.15, 0.2) is 0 Å². The molecule has 2 rings (SSSR count). The van der Waals surface area contributed by atoms with E-state index in [-0.39, 0.29) is 0 Å². The molecule has 0 saturated carbocycles. The minimum atomic E-state index is 1.24. The number of rotatable bonds is 1. The molecule has 0 N–H and O–H groups in total. The van der Waals surface area contributed by atoms with Gasteiger partial charge in [0.1, 0.15) is 0 Å². The van der Waals surface area contributed by atoms with Gasteiger partial charge in [-0.3, -0.25) is 0 Å². The predicted octanol–water partition coefficient (Wildman–Crippen LogP) is 5.35. The molecule has 0 spiro atoms. The van der Waals surface area contributed by atoms with E-state index in [0.29, 0.717) is 0 Å². The molecule has 0 aromatic carbocycles. The van der Waals surface area contributed by atoms with Gasteiger partial charge in [0.25, 0.3) is 0 Å². The molecule has 0 amide bonds. The molecule has 0 atom stereocenters. The highest BCUT2D eigenvalue weighted by molar-refractivity contribution is 5.41. The molecule has 0 radical (unpaired) electrons. The van der Waals surface area contributed by atoms with Crippen LogP contribution in [0.25, 0.3) is 0 Å². The minimum absolute atomic E-state index is 1.24. The molecule has 0 bridgehead atoms. The Kier molecular flexibility index (Phi) is 5.31. The Bertz CT molecular complexity index is 312. The first-order chi connectivity index (χ1) is 7.75. The molecule has 0 heteroatoms. The quantitative estimate of drug-likeness (QED) is 0.554. The highest BCUT2D eigenvalue weighted by Crippen LogP contribution is 2.29. The molecule has 0 fully saturated rings. The van der Waals surface area contributed by atoms with Gasteiger partial charge >= 0.3 is 0 Å². The van der Waals surface area contributed by atoms with Crippen LogP contribution in [0.3, 0.4) is 0 Å². The van der Waals surface area contributed by atoms with E-state index in [9.17, 15) is 0 Å². The second-order valence-corrected chi connectivity index (χ2v) is 4.41. The second kappa shape index (κ2) is 6.52. The summed E-state index contributed by atoms with van der Waals surface area (Å²) < 4.78 is 0. The SMILES string of the molecule is CC.CC1=CC=C(C2=CC=C(C)CC2)CC1. The zero-order valence-corrected chi connectivity index (χ0v) is 11.1. The first kappa shape index (κ1) is 13.0. The molecular formula is C16H24. The van der Waals surface area contributed by atoms with E-state index in [0.717, 1.165) is 0 Å². The van der Waals surface area contributed by atoms with Crippen molar-refractivity contribution in [1.29, 1.82) is 0 Å². The lowest BCUT2D eigenvalue weighted by Gasteiger charge is -2.18. The lowest BCUT2D eigenvalue weighted by atomic mass is 9.88. The molecule has 0 heterocycles. The fraction of sp³-hybridized carbons (Fsp3) is 0.500. The Morgan fingerprint density at radius 3 is 1.25 bits per heavy atom. The monoisotopic (exact) mass is 216 g/mol. The zero-order valence-electron chi connectivity index (χ0n) is 11.1. The van der Waals surface area contributed by atoms with Crippen LogP contribution < -0.4 is 0 Å². The Hall–Kier alpha value is -1.04. The van der Waals surface area contributed by atoms with Gasteiger partial charge in [-0.25, -0.2) is 0 Å². The van der Waals surface area contributed by atoms with Crippen LogP contribution in [0.4, 0.5) is 0 Å². The maximum atomic E-state index is 2.30. The average Bonchev–Trinajstić information content (AvgIpc) is 2.34. The molecule has 0 saturated heterocycles. The van der Waals surface area contributed by atoms with E-state index in [1.54, 1.807) is 11.1 Å². The third kappa shape index (κ3) is 3.52. The van der Waals surface area contributed by atoms with E-state index in [2.05, 4.69) is 38.2 Å². The largest absolute Gasteiger partial charge is 0.0730 e. The van der Waals surface area contributed by atoms with Gasteiger partial charge < -0.3 is 0 Å². The molecule has 0 nitrogen and oxygen atoms in total. The Labute approximate surface area is 100 Å². The predicted molar refractivity (Wildman–Crippen MR) is 73.5 cm³/mol. The number of allylic oxidation sites excluding steroid dienone is 8. The van der Waals surface area contributed by atoms with Crippen LogP contribution >= 0.6 is 0 Å². The van der Waals surface area contributed by atoms with E-state index >= 15 is 0 Å². The van der Waals surface area contributed by atoms with Crippen LogP contribution in [0.2, 0.25) is 0 Å². The van der Waals surface area contributed by atoms with Gasteiger partial charge in [0.2, 0.25) is 0 Å². The first-order valence-corrected chi connectivity index (χ1v) is 6.49. The molecule has 0 unspecified atom stereocenters. The van der Waals surface area contributed by atoms with E-state index in [1.165, 1.54) is 36.8 Å². The molecule has 0 aromatic rings. The lowest BCUT2D eigenvalue weighted by molar-refractivity contribution is 0.851. The molecule has 16 heavy (non-hydrogen) atoms. The fourth-order valence-electron chi connectivity index (χ4n) is 2.02. The van der Waals surface area contributed by atoms with Gasteiger partial charge in [0, 0.05) is 0 Å². The van der Waals surface area contributed by atoms with Crippen molar-refractivity contribution in [2.24, 2.45) is 0 Å². The molecular weight excluding hydrogens is 192 g/mol. The summed E-state index contributed by atoms with van der Waals surface area (Å²) in [5.41, 5.74) is 6.13. The minimum Gasteiger partial charge on any atom is -0.0730 e. The Morgan fingerprint density at radius 2 is 1.00 bits per heavy atom. The number of hydrogen-bond donors (Lipinski definition) is 0. The maximum absolute atomic E-state index is 2.30. The summed E-state index contributed by atoms with van der Waals surface area (Å²) in [7, 11) is 0. The summed E-state index contributed by atoms with van der Waals surface area (Å²) in [6.45, 7) is 8.43. The standard InChI is InChI=1S/C14H18.C2H6/c1-11-3-7-13(8-4-11)14-9-5-12(2)6-10-14;1-2/h3,5,7,9H,4,6,8,10H2,1-2H3;1-2H3. The van der Waals surface area contributed by atoms with Crippen LogP contribution in [0, 0.1) is 0 Å². The van der Waals surface area contributed by atoms with Gasteiger partial charge in [-0.15, -0.1) is 0 Å². The summed E-state index contributed by atoms with van der Waals surface area (Å²) in [5.74, 6) is 0. The normalized spacial score (nSPS) is 19.8. The zero-order chi connectivity index (χ0) is 12.0. The van der Waals surface area contributed by atoms with Gasteiger partial charge in [0.05, 0.1) is 0 Å². The maximum Gasteiger partial charge on any atom is -0.0239 e.